The molecule has 4 rings (SSSR count). The van der Waals surface area contributed by atoms with Gasteiger partial charge in [0.1, 0.15) is 11.7 Å². The Morgan fingerprint density at radius 2 is 1.94 bits per heavy atom. The van der Waals surface area contributed by atoms with Crippen molar-refractivity contribution < 1.29 is 14.6 Å². The van der Waals surface area contributed by atoms with Crippen LogP contribution in [0.1, 0.15) is 35.3 Å². The summed E-state index contributed by atoms with van der Waals surface area (Å²) in [6, 6.07) is 14.7. The molecule has 0 unspecified atom stereocenters. The van der Waals surface area contributed by atoms with Gasteiger partial charge < -0.3 is 14.7 Å². The standard InChI is InChI=1S/C28H31N5O3/c1-19-15-33(20(2)18-34)28(35)25-12-24(23-6-4-21(13-29)5-7-23)14-31-27(25)36-26(19)17-32(3)16-22-8-10-30-11-9-22/h4-12,14,19-20,26,34H,15-18H2,1-3H3/t19-,20-,26-/m0/s1. The predicted octanol–water partition coefficient (Wildman–Crippen LogP) is 3.37. The third kappa shape index (κ3) is 5.70. The minimum absolute atomic E-state index is 0.0102. The second kappa shape index (κ2) is 11.3. The fourth-order valence-corrected chi connectivity index (χ4v) is 4.39. The lowest BCUT2D eigenvalue weighted by molar-refractivity contribution is 0.0325. The zero-order valence-corrected chi connectivity index (χ0v) is 20.8. The zero-order chi connectivity index (χ0) is 25.7. The molecule has 0 fully saturated rings. The number of benzene rings is 1. The topological polar surface area (TPSA) is 103 Å². The van der Waals surface area contributed by atoms with Gasteiger partial charge in [0, 0.05) is 49.7 Å². The number of pyridine rings is 2. The number of carbonyl (C=O) groups excluding carboxylic acids is 1. The number of amides is 1. The van der Waals surface area contributed by atoms with Gasteiger partial charge in [-0.1, -0.05) is 19.1 Å². The normalized spacial score (nSPS) is 18.6. The van der Waals surface area contributed by atoms with Crippen LogP contribution in [0.3, 0.4) is 0 Å². The number of aromatic nitrogens is 2. The molecular formula is C28H31N5O3. The van der Waals surface area contributed by atoms with Gasteiger partial charge in [-0.05, 0) is 55.4 Å². The minimum Gasteiger partial charge on any atom is -0.472 e. The van der Waals surface area contributed by atoms with Crippen LogP contribution in [0.5, 0.6) is 5.88 Å². The van der Waals surface area contributed by atoms with Gasteiger partial charge in [-0.2, -0.15) is 5.26 Å². The Hall–Kier alpha value is -3.80. The molecule has 1 N–H and O–H groups in total. The molecule has 0 spiro atoms. The van der Waals surface area contributed by atoms with Crippen LogP contribution in [-0.2, 0) is 6.54 Å². The van der Waals surface area contributed by atoms with Crippen molar-refractivity contribution in [2.45, 2.75) is 32.5 Å². The van der Waals surface area contributed by atoms with Gasteiger partial charge in [0.15, 0.2) is 0 Å². The number of nitriles is 1. The number of fused-ring (bicyclic) bond motifs is 1. The maximum atomic E-state index is 13.6. The van der Waals surface area contributed by atoms with Crippen molar-refractivity contribution in [1.29, 1.82) is 5.26 Å². The fourth-order valence-electron chi connectivity index (χ4n) is 4.39. The van der Waals surface area contributed by atoms with Gasteiger partial charge in [-0.15, -0.1) is 0 Å². The Morgan fingerprint density at radius 1 is 1.22 bits per heavy atom. The number of carbonyl (C=O) groups is 1. The minimum atomic E-state index is -0.348. The maximum absolute atomic E-state index is 13.6. The summed E-state index contributed by atoms with van der Waals surface area (Å²) in [4.78, 5) is 26.2. The van der Waals surface area contributed by atoms with Gasteiger partial charge in [-0.25, -0.2) is 4.98 Å². The van der Waals surface area contributed by atoms with E-state index in [1.54, 1.807) is 41.7 Å². The van der Waals surface area contributed by atoms with E-state index in [0.29, 0.717) is 30.1 Å². The van der Waals surface area contributed by atoms with Crippen molar-refractivity contribution in [2.24, 2.45) is 5.92 Å². The predicted molar refractivity (Wildman–Crippen MR) is 136 cm³/mol. The molecule has 3 atom stereocenters. The van der Waals surface area contributed by atoms with Crippen LogP contribution in [0.25, 0.3) is 11.1 Å². The average molecular weight is 486 g/mol. The van der Waals surface area contributed by atoms with E-state index in [2.05, 4.69) is 27.9 Å². The van der Waals surface area contributed by atoms with Crippen molar-refractivity contribution in [3.05, 3.63) is 77.7 Å². The molecule has 1 amide bonds. The highest BCUT2D eigenvalue weighted by Gasteiger charge is 2.34. The molecule has 0 bridgehead atoms. The highest BCUT2D eigenvalue weighted by Crippen LogP contribution is 2.30. The summed E-state index contributed by atoms with van der Waals surface area (Å²) >= 11 is 0. The number of hydrogen-bond donors (Lipinski definition) is 1. The molecule has 36 heavy (non-hydrogen) atoms. The summed E-state index contributed by atoms with van der Waals surface area (Å²) in [5, 5.41) is 19.0. The number of aliphatic hydroxyl groups excluding tert-OH is 1. The first-order valence-corrected chi connectivity index (χ1v) is 12.1. The summed E-state index contributed by atoms with van der Waals surface area (Å²) < 4.78 is 6.40. The first-order chi connectivity index (χ1) is 17.4. The van der Waals surface area contributed by atoms with Crippen LogP contribution < -0.4 is 4.74 Å². The van der Waals surface area contributed by atoms with E-state index in [-0.39, 0.29) is 30.6 Å². The molecule has 1 aliphatic rings. The monoisotopic (exact) mass is 485 g/mol. The third-order valence-corrected chi connectivity index (χ3v) is 6.56. The van der Waals surface area contributed by atoms with E-state index in [1.807, 2.05) is 38.2 Å². The molecule has 0 radical (unpaired) electrons. The average Bonchev–Trinajstić information content (AvgIpc) is 2.90. The summed E-state index contributed by atoms with van der Waals surface area (Å²) in [5.74, 6) is 0.0855. The van der Waals surface area contributed by atoms with Crippen molar-refractivity contribution in [1.82, 2.24) is 19.8 Å². The van der Waals surface area contributed by atoms with Gasteiger partial charge in [-0.3, -0.25) is 14.7 Å². The SMILES string of the molecule is C[C@H]1CN([C@@H](C)CO)C(=O)c2cc(-c3ccc(C#N)cc3)cnc2O[C@H]1CN(C)Cc1ccncc1. The maximum Gasteiger partial charge on any atom is 0.259 e. The van der Waals surface area contributed by atoms with E-state index >= 15 is 0 Å². The van der Waals surface area contributed by atoms with Crippen LogP contribution in [0.4, 0.5) is 0 Å². The molecule has 2 aromatic heterocycles. The van der Waals surface area contributed by atoms with Gasteiger partial charge in [0.05, 0.1) is 24.3 Å². The number of aliphatic hydroxyl groups is 1. The Kier molecular flexibility index (Phi) is 7.93. The Labute approximate surface area is 211 Å². The Morgan fingerprint density at radius 3 is 2.61 bits per heavy atom. The second-order valence-electron chi connectivity index (χ2n) is 9.44. The summed E-state index contributed by atoms with van der Waals surface area (Å²) in [7, 11) is 2.04. The van der Waals surface area contributed by atoms with Gasteiger partial charge >= 0.3 is 0 Å². The lowest BCUT2D eigenvalue weighted by Crippen LogP contribution is -2.49. The molecule has 1 aromatic carbocycles. The van der Waals surface area contributed by atoms with Crippen LogP contribution in [0.15, 0.2) is 61.1 Å². The van der Waals surface area contributed by atoms with E-state index in [4.69, 9.17) is 10.00 Å². The van der Waals surface area contributed by atoms with E-state index in [1.165, 1.54) is 0 Å². The number of nitrogens with zero attached hydrogens (tertiary/aromatic N) is 5. The Balaban J connectivity index is 1.66. The third-order valence-electron chi connectivity index (χ3n) is 6.56. The molecule has 0 saturated heterocycles. The molecule has 0 saturated carbocycles. The number of likely N-dealkylation sites (N-methyl/N-ethyl adjacent to an activating group) is 1. The largest absolute Gasteiger partial charge is 0.472 e. The molecule has 3 heterocycles. The molecule has 186 valence electrons. The number of ether oxygens (including phenoxy) is 1. The van der Waals surface area contributed by atoms with Crippen LogP contribution in [0, 0.1) is 17.2 Å². The quantitative estimate of drug-likeness (QED) is 0.547. The van der Waals surface area contributed by atoms with Crippen LogP contribution in [-0.4, -0.2) is 69.7 Å². The van der Waals surface area contributed by atoms with Crippen molar-refractivity contribution >= 4 is 5.91 Å². The molecular weight excluding hydrogens is 454 g/mol. The van der Waals surface area contributed by atoms with Gasteiger partial charge in [0.25, 0.3) is 5.91 Å². The van der Waals surface area contributed by atoms with Crippen molar-refractivity contribution in [2.75, 3.05) is 26.7 Å². The van der Waals surface area contributed by atoms with Crippen LogP contribution >= 0.6 is 0 Å². The zero-order valence-electron chi connectivity index (χ0n) is 20.8. The van der Waals surface area contributed by atoms with Crippen molar-refractivity contribution in [3.8, 4) is 23.1 Å². The molecule has 0 aliphatic carbocycles. The summed E-state index contributed by atoms with van der Waals surface area (Å²) in [5.41, 5.74) is 3.69. The first-order valence-electron chi connectivity index (χ1n) is 12.1. The number of hydrogen-bond acceptors (Lipinski definition) is 7. The lowest BCUT2D eigenvalue weighted by Gasteiger charge is -2.37. The number of rotatable bonds is 7. The Bertz CT molecular complexity index is 1230. The second-order valence-corrected chi connectivity index (χ2v) is 9.44. The fraction of sp³-hybridized carbons (Fsp3) is 0.357. The highest BCUT2D eigenvalue weighted by molar-refractivity contribution is 5.98. The molecule has 1 aliphatic heterocycles. The van der Waals surface area contributed by atoms with Crippen LogP contribution in [0.2, 0.25) is 0 Å². The van der Waals surface area contributed by atoms with E-state index in [0.717, 1.165) is 23.2 Å². The van der Waals surface area contributed by atoms with E-state index in [9.17, 15) is 9.90 Å². The summed E-state index contributed by atoms with van der Waals surface area (Å²) in [6.45, 7) is 5.60. The van der Waals surface area contributed by atoms with E-state index < -0.39 is 0 Å². The first kappa shape index (κ1) is 25.3. The summed E-state index contributed by atoms with van der Waals surface area (Å²) in [6.07, 6.45) is 5.04. The highest BCUT2D eigenvalue weighted by atomic mass is 16.5. The molecule has 8 nitrogen and oxygen atoms in total. The smallest absolute Gasteiger partial charge is 0.259 e. The molecule has 3 aromatic rings. The molecule has 8 heteroatoms. The van der Waals surface area contributed by atoms with Gasteiger partial charge in [0.2, 0.25) is 5.88 Å². The lowest BCUT2D eigenvalue weighted by atomic mass is 9.99. The van der Waals surface area contributed by atoms with Crippen molar-refractivity contribution in [3.63, 3.8) is 0 Å².